The fourth-order valence-electron chi connectivity index (χ4n) is 2.81. The highest BCUT2D eigenvalue weighted by atomic mass is 79.9. The molecule has 0 aliphatic heterocycles. The van der Waals surface area contributed by atoms with E-state index in [1.165, 1.54) is 0 Å². The van der Waals surface area contributed by atoms with Gasteiger partial charge in [-0.2, -0.15) is 5.10 Å². The summed E-state index contributed by atoms with van der Waals surface area (Å²) in [5.74, 6) is 0.433. The van der Waals surface area contributed by atoms with Gasteiger partial charge in [-0.25, -0.2) is 4.68 Å². The molecule has 1 fully saturated rings. The number of carbonyl (C=O) groups excluding carboxylic acids is 1. The van der Waals surface area contributed by atoms with E-state index in [0.717, 1.165) is 28.8 Å². The van der Waals surface area contributed by atoms with Gasteiger partial charge >= 0.3 is 0 Å². The van der Waals surface area contributed by atoms with Crippen LogP contribution in [0.1, 0.15) is 40.9 Å². The summed E-state index contributed by atoms with van der Waals surface area (Å²) in [5.41, 5.74) is 1.79. The van der Waals surface area contributed by atoms with Crippen molar-refractivity contribution < 1.29 is 4.79 Å². The Labute approximate surface area is 162 Å². The number of carbonyl (C=O) groups is 1. The van der Waals surface area contributed by atoms with E-state index < -0.39 is 0 Å². The molecule has 0 spiro atoms. The molecule has 1 amide bonds. The average molecular weight is 434 g/mol. The third-order valence-electron chi connectivity index (χ3n) is 4.26. The van der Waals surface area contributed by atoms with Crippen molar-refractivity contribution in [2.45, 2.75) is 32.4 Å². The minimum atomic E-state index is -0.292. The standard InChI is InChI=1S/C16H16BrN7OS/c1-9-14(20-22-24(9)12-4-2-3-10(17)7-12)15(25)18-8-13-19-21-16(26)23(13)11-5-6-11/h2-4,7,11H,5-6,8H2,1H3,(H,18,25)(H,21,26). The molecule has 3 aromatic rings. The number of nitrogens with one attached hydrogen (secondary N) is 2. The van der Waals surface area contributed by atoms with E-state index in [2.05, 4.69) is 41.8 Å². The van der Waals surface area contributed by atoms with Gasteiger partial charge in [0.1, 0.15) is 0 Å². The molecule has 1 aromatic carbocycles. The van der Waals surface area contributed by atoms with E-state index in [9.17, 15) is 4.79 Å². The Morgan fingerprint density at radius 1 is 1.46 bits per heavy atom. The highest BCUT2D eigenvalue weighted by Crippen LogP contribution is 2.35. The lowest BCUT2D eigenvalue weighted by molar-refractivity contribution is 0.0943. The van der Waals surface area contributed by atoms with E-state index in [-0.39, 0.29) is 18.1 Å². The second-order valence-electron chi connectivity index (χ2n) is 6.14. The smallest absolute Gasteiger partial charge is 0.274 e. The van der Waals surface area contributed by atoms with Crippen molar-refractivity contribution in [3.63, 3.8) is 0 Å². The highest BCUT2D eigenvalue weighted by molar-refractivity contribution is 9.10. The molecule has 2 heterocycles. The van der Waals surface area contributed by atoms with Crippen LogP contribution in [0.3, 0.4) is 0 Å². The topological polar surface area (TPSA) is 93.4 Å². The Morgan fingerprint density at radius 3 is 3.00 bits per heavy atom. The molecule has 0 unspecified atom stereocenters. The van der Waals surface area contributed by atoms with Crippen molar-refractivity contribution in [1.29, 1.82) is 0 Å². The molecule has 2 aromatic heterocycles. The zero-order chi connectivity index (χ0) is 18.3. The number of benzene rings is 1. The molecule has 26 heavy (non-hydrogen) atoms. The summed E-state index contributed by atoms with van der Waals surface area (Å²) in [6.07, 6.45) is 2.18. The van der Waals surface area contributed by atoms with Crippen LogP contribution < -0.4 is 5.32 Å². The monoisotopic (exact) mass is 433 g/mol. The van der Waals surface area contributed by atoms with E-state index >= 15 is 0 Å². The Hall–Kier alpha value is -2.33. The first-order valence-electron chi connectivity index (χ1n) is 8.17. The fourth-order valence-corrected chi connectivity index (χ4v) is 3.49. The third-order valence-corrected chi connectivity index (χ3v) is 5.04. The zero-order valence-electron chi connectivity index (χ0n) is 13.9. The molecule has 0 radical (unpaired) electrons. The second kappa shape index (κ2) is 6.76. The first-order valence-corrected chi connectivity index (χ1v) is 9.37. The van der Waals surface area contributed by atoms with Crippen molar-refractivity contribution in [2.75, 3.05) is 0 Å². The van der Waals surface area contributed by atoms with Gasteiger partial charge in [0.15, 0.2) is 16.3 Å². The summed E-state index contributed by atoms with van der Waals surface area (Å²) in [4.78, 5) is 12.5. The van der Waals surface area contributed by atoms with Crippen molar-refractivity contribution in [1.82, 2.24) is 35.1 Å². The molecule has 1 saturated carbocycles. The van der Waals surface area contributed by atoms with Gasteiger partial charge in [0, 0.05) is 10.5 Å². The Bertz CT molecular complexity index is 1030. The second-order valence-corrected chi connectivity index (χ2v) is 7.45. The van der Waals surface area contributed by atoms with Crippen LogP contribution in [0.25, 0.3) is 5.69 Å². The van der Waals surface area contributed by atoms with E-state index in [4.69, 9.17) is 12.2 Å². The van der Waals surface area contributed by atoms with Crippen LogP contribution in [-0.2, 0) is 6.54 Å². The number of amides is 1. The third kappa shape index (κ3) is 3.21. The SMILES string of the molecule is Cc1c(C(=O)NCc2n[nH]c(=S)n2C2CC2)nnn1-c1cccc(Br)c1. The number of halogens is 1. The predicted octanol–water partition coefficient (Wildman–Crippen LogP) is 2.86. The fraction of sp³-hybridized carbons (Fsp3) is 0.312. The molecule has 134 valence electrons. The molecule has 0 saturated heterocycles. The van der Waals surface area contributed by atoms with Gasteiger partial charge in [0.25, 0.3) is 5.91 Å². The van der Waals surface area contributed by atoms with Gasteiger partial charge in [-0.15, -0.1) is 5.10 Å². The Morgan fingerprint density at radius 2 is 2.27 bits per heavy atom. The lowest BCUT2D eigenvalue weighted by Crippen LogP contribution is -2.26. The summed E-state index contributed by atoms with van der Waals surface area (Å²) < 4.78 is 5.13. The lowest BCUT2D eigenvalue weighted by atomic mass is 10.3. The van der Waals surface area contributed by atoms with Crippen LogP contribution in [0.4, 0.5) is 0 Å². The molecule has 1 aliphatic rings. The number of aromatic amines is 1. The molecule has 1 aliphatic carbocycles. The van der Waals surface area contributed by atoms with Crippen LogP contribution in [0, 0.1) is 11.7 Å². The Kier molecular flexibility index (Phi) is 4.45. The van der Waals surface area contributed by atoms with Crippen LogP contribution in [0.2, 0.25) is 0 Å². The molecule has 8 nitrogen and oxygen atoms in total. The molecule has 4 rings (SSSR count). The summed E-state index contributed by atoms with van der Waals surface area (Å²) in [6.45, 7) is 2.10. The number of hydrogen-bond acceptors (Lipinski definition) is 5. The Balaban J connectivity index is 1.52. The maximum atomic E-state index is 12.5. The van der Waals surface area contributed by atoms with Gasteiger partial charge < -0.3 is 5.32 Å². The van der Waals surface area contributed by atoms with Crippen LogP contribution in [0.5, 0.6) is 0 Å². The van der Waals surface area contributed by atoms with E-state index in [1.807, 2.05) is 35.8 Å². The maximum absolute atomic E-state index is 12.5. The van der Waals surface area contributed by atoms with Gasteiger partial charge in [0.2, 0.25) is 0 Å². The number of aromatic nitrogens is 6. The lowest BCUT2D eigenvalue weighted by Gasteiger charge is -2.07. The van der Waals surface area contributed by atoms with Gasteiger partial charge in [0.05, 0.1) is 17.9 Å². The molecule has 0 atom stereocenters. The number of H-pyrrole nitrogens is 1. The van der Waals surface area contributed by atoms with Crippen molar-refractivity contribution >= 4 is 34.1 Å². The maximum Gasteiger partial charge on any atom is 0.274 e. The van der Waals surface area contributed by atoms with E-state index in [0.29, 0.717) is 16.5 Å². The molecule has 2 N–H and O–H groups in total. The molecule has 10 heteroatoms. The van der Waals surface area contributed by atoms with Gasteiger partial charge in [-0.1, -0.05) is 27.2 Å². The molecular weight excluding hydrogens is 418 g/mol. The minimum Gasteiger partial charge on any atom is -0.343 e. The number of nitrogens with zero attached hydrogens (tertiary/aromatic N) is 5. The summed E-state index contributed by atoms with van der Waals surface area (Å²) >= 11 is 8.69. The zero-order valence-corrected chi connectivity index (χ0v) is 16.3. The van der Waals surface area contributed by atoms with Crippen molar-refractivity contribution in [3.05, 3.63) is 50.7 Å². The summed E-state index contributed by atoms with van der Waals surface area (Å²) in [7, 11) is 0. The molecule has 0 bridgehead atoms. The van der Waals surface area contributed by atoms with Gasteiger partial charge in [-0.05, 0) is 50.2 Å². The average Bonchev–Trinajstić information content (AvgIpc) is 3.28. The highest BCUT2D eigenvalue weighted by Gasteiger charge is 2.27. The predicted molar refractivity (Wildman–Crippen MR) is 101 cm³/mol. The van der Waals surface area contributed by atoms with E-state index in [1.54, 1.807) is 4.68 Å². The first-order chi connectivity index (χ1) is 12.5. The number of rotatable bonds is 5. The normalized spacial score (nSPS) is 13.8. The minimum absolute atomic E-state index is 0.283. The number of hydrogen-bond donors (Lipinski definition) is 2. The van der Waals surface area contributed by atoms with Crippen LogP contribution in [-0.4, -0.2) is 35.7 Å². The van der Waals surface area contributed by atoms with Crippen LogP contribution >= 0.6 is 28.1 Å². The molecular formula is C16H16BrN7OS. The van der Waals surface area contributed by atoms with Crippen molar-refractivity contribution in [3.8, 4) is 5.69 Å². The van der Waals surface area contributed by atoms with Gasteiger partial charge in [-0.3, -0.25) is 14.5 Å². The van der Waals surface area contributed by atoms with Crippen LogP contribution in [0.15, 0.2) is 28.7 Å². The first kappa shape index (κ1) is 17.1. The van der Waals surface area contributed by atoms with Crippen molar-refractivity contribution in [2.24, 2.45) is 0 Å². The summed E-state index contributed by atoms with van der Waals surface area (Å²) in [6, 6.07) is 8.04. The largest absolute Gasteiger partial charge is 0.343 e. The quantitative estimate of drug-likeness (QED) is 0.603. The summed E-state index contributed by atoms with van der Waals surface area (Å²) in [5, 5.41) is 18.0.